The molecule has 1 aliphatic rings. The van der Waals surface area contributed by atoms with Crippen LogP contribution in [0.15, 0.2) is 17.0 Å². The molecule has 6 nitrogen and oxygen atoms in total. The van der Waals surface area contributed by atoms with E-state index in [-0.39, 0.29) is 19.4 Å². The Morgan fingerprint density at radius 3 is 2.89 bits per heavy atom. The van der Waals surface area contributed by atoms with Crippen LogP contribution < -0.4 is 5.73 Å². The van der Waals surface area contributed by atoms with Gasteiger partial charge in [0.2, 0.25) is 6.41 Å². The van der Waals surface area contributed by atoms with Gasteiger partial charge in [-0.25, -0.2) is 8.78 Å². The van der Waals surface area contributed by atoms with Gasteiger partial charge in [-0.1, -0.05) is 0 Å². The van der Waals surface area contributed by atoms with Crippen LogP contribution in [0.2, 0.25) is 0 Å². The average Bonchev–Trinajstić information content (AvgIpc) is 2.70. The molecular weight excluding hydrogens is 248 g/mol. The number of carbonyl (C=O) groups is 1. The fourth-order valence-electron chi connectivity index (χ4n) is 1.61. The van der Waals surface area contributed by atoms with Gasteiger partial charge in [0, 0.05) is 19.7 Å². The van der Waals surface area contributed by atoms with E-state index in [1.165, 1.54) is 7.05 Å². The molecule has 1 amide bonds. The largest absolute Gasteiger partial charge is 0.394 e. The lowest BCUT2D eigenvalue weighted by molar-refractivity contribution is -0.106. The van der Waals surface area contributed by atoms with Crippen molar-refractivity contribution in [1.29, 1.82) is 0 Å². The highest BCUT2D eigenvalue weighted by atomic mass is 19.1. The summed E-state index contributed by atoms with van der Waals surface area (Å²) in [5, 5.41) is 8.85. The van der Waals surface area contributed by atoms with Crippen LogP contribution in [-0.2, 0) is 9.53 Å². The van der Waals surface area contributed by atoms with Crippen molar-refractivity contribution in [2.24, 2.45) is 10.7 Å². The molecule has 3 N–H and O–H groups in total. The number of nitrogens with zero attached hydrogens (tertiary/aromatic N) is 2. The monoisotopic (exact) mass is 263 g/mol. The highest BCUT2D eigenvalue weighted by molar-refractivity contribution is 5.98. The molecule has 0 spiro atoms. The highest BCUT2D eigenvalue weighted by Gasteiger charge is 2.37. The van der Waals surface area contributed by atoms with E-state index in [9.17, 15) is 13.6 Å². The number of aliphatic hydroxyl groups is 1. The number of carbonyl (C=O) groups excluding carboxylic acids is 1. The number of ether oxygens (including phenoxy) is 1. The number of aliphatic imine (C=N–C) groups is 1. The van der Waals surface area contributed by atoms with Crippen LogP contribution in [0.1, 0.15) is 6.42 Å². The molecule has 0 saturated carbocycles. The summed E-state index contributed by atoms with van der Waals surface area (Å²) in [5.41, 5.74) is 5.14. The van der Waals surface area contributed by atoms with E-state index in [1.807, 2.05) is 0 Å². The van der Waals surface area contributed by atoms with E-state index in [4.69, 9.17) is 15.6 Å². The lowest BCUT2D eigenvalue weighted by Gasteiger charge is -2.24. The molecule has 8 heteroatoms. The Labute approximate surface area is 103 Å². The molecule has 1 heterocycles. The summed E-state index contributed by atoms with van der Waals surface area (Å²) in [4.78, 5) is 14.2. The standard InChI is InChI=1S/C10H15F2N3O3/c1-15(3-8(12)9(13)14-5-17)10-7(11)2-6(4-16)18-10/h3,5-7,10,16H,2,4H2,1H3,(H2,13,14,17)/b8-3+/t6?,7-,10-/m1/s1. The Kier molecular flexibility index (Phi) is 5.17. The SMILES string of the molecule is CN(/C=C(F)\C(N)=N/C=O)[C@@H]1OC(CO)C[C@H]1F. The van der Waals surface area contributed by atoms with Crippen molar-refractivity contribution in [3.05, 3.63) is 12.0 Å². The second-order valence-electron chi connectivity index (χ2n) is 3.85. The molecule has 1 aliphatic heterocycles. The van der Waals surface area contributed by atoms with Crippen molar-refractivity contribution in [2.45, 2.75) is 24.9 Å². The first-order valence-corrected chi connectivity index (χ1v) is 5.26. The second kappa shape index (κ2) is 6.41. The minimum atomic E-state index is -1.35. The molecule has 0 aliphatic carbocycles. The molecule has 0 bridgehead atoms. The number of rotatable bonds is 5. The van der Waals surface area contributed by atoms with Gasteiger partial charge < -0.3 is 20.5 Å². The van der Waals surface area contributed by atoms with E-state index in [0.717, 1.165) is 11.1 Å². The van der Waals surface area contributed by atoms with Gasteiger partial charge in [0.25, 0.3) is 0 Å². The molecule has 1 rings (SSSR count). The summed E-state index contributed by atoms with van der Waals surface area (Å²) in [6.45, 7) is -0.300. The summed E-state index contributed by atoms with van der Waals surface area (Å²) in [6.07, 6.45) is -1.92. The van der Waals surface area contributed by atoms with Crippen molar-refractivity contribution in [1.82, 2.24) is 4.90 Å². The summed E-state index contributed by atoms with van der Waals surface area (Å²) < 4.78 is 32.1. The van der Waals surface area contributed by atoms with Gasteiger partial charge in [-0.15, -0.1) is 0 Å². The maximum Gasteiger partial charge on any atom is 0.234 e. The summed E-state index contributed by atoms with van der Waals surface area (Å²) in [7, 11) is 1.39. The van der Waals surface area contributed by atoms with E-state index >= 15 is 0 Å². The third kappa shape index (κ3) is 3.47. The molecule has 0 aromatic heterocycles. The Balaban J connectivity index is 2.70. The van der Waals surface area contributed by atoms with Gasteiger partial charge in [0.15, 0.2) is 17.9 Å². The minimum Gasteiger partial charge on any atom is -0.394 e. The number of nitrogens with two attached hydrogens (primary N) is 1. The van der Waals surface area contributed by atoms with Gasteiger partial charge in [0.05, 0.1) is 12.7 Å². The van der Waals surface area contributed by atoms with Crippen molar-refractivity contribution in [3.8, 4) is 0 Å². The zero-order valence-electron chi connectivity index (χ0n) is 9.79. The average molecular weight is 263 g/mol. The fraction of sp³-hybridized carbons (Fsp3) is 0.600. The lowest BCUT2D eigenvalue weighted by Crippen LogP contribution is -2.34. The molecule has 3 atom stereocenters. The number of hydrogen-bond donors (Lipinski definition) is 2. The van der Waals surface area contributed by atoms with Crippen LogP contribution in [0.4, 0.5) is 8.78 Å². The number of amidine groups is 1. The van der Waals surface area contributed by atoms with Gasteiger partial charge in [-0.05, 0) is 0 Å². The van der Waals surface area contributed by atoms with Crippen LogP contribution in [0.5, 0.6) is 0 Å². The van der Waals surface area contributed by atoms with Gasteiger partial charge >= 0.3 is 0 Å². The normalized spacial score (nSPS) is 29.4. The third-order valence-electron chi connectivity index (χ3n) is 2.49. The van der Waals surface area contributed by atoms with E-state index in [0.29, 0.717) is 0 Å². The summed E-state index contributed by atoms with van der Waals surface area (Å²) >= 11 is 0. The first kappa shape index (κ1) is 14.5. The van der Waals surface area contributed by atoms with Crippen LogP contribution >= 0.6 is 0 Å². The maximum absolute atomic E-state index is 13.5. The number of amides is 1. The van der Waals surface area contributed by atoms with Crippen LogP contribution in [0.3, 0.4) is 0 Å². The number of halogens is 2. The Hall–Kier alpha value is -1.54. The lowest BCUT2D eigenvalue weighted by atomic mass is 10.2. The predicted octanol–water partition coefficient (Wildman–Crippen LogP) is -0.312. The predicted molar refractivity (Wildman–Crippen MR) is 59.9 cm³/mol. The van der Waals surface area contributed by atoms with Crippen molar-refractivity contribution < 1.29 is 23.4 Å². The Morgan fingerprint density at radius 1 is 1.72 bits per heavy atom. The molecule has 18 heavy (non-hydrogen) atoms. The third-order valence-corrected chi connectivity index (χ3v) is 2.49. The fourth-order valence-corrected chi connectivity index (χ4v) is 1.61. The van der Waals surface area contributed by atoms with E-state index in [1.54, 1.807) is 0 Å². The van der Waals surface area contributed by atoms with Crippen molar-refractivity contribution in [3.63, 3.8) is 0 Å². The highest BCUT2D eigenvalue weighted by Crippen LogP contribution is 2.25. The Morgan fingerprint density at radius 2 is 2.39 bits per heavy atom. The molecule has 1 unspecified atom stereocenters. The second-order valence-corrected chi connectivity index (χ2v) is 3.85. The maximum atomic E-state index is 13.5. The first-order valence-electron chi connectivity index (χ1n) is 5.26. The van der Waals surface area contributed by atoms with Gasteiger partial charge in [0.1, 0.15) is 6.17 Å². The molecule has 0 aromatic carbocycles. The molecular formula is C10H15F2N3O3. The zero-order valence-corrected chi connectivity index (χ0v) is 9.79. The van der Waals surface area contributed by atoms with E-state index in [2.05, 4.69) is 4.99 Å². The van der Waals surface area contributed by atoms with Crippen LogP contribution in [-0.4, -0.2) is 54.4 Å². The topological polar surface area (TPSA) is 88.2 Å². The summed E-state index contributed by atoms with van der Waals surface area (Å²) in [6, 6.07) is 0. The van der Waals surface area contributed by atoms with E-state index < -0.39 is 30.2 Å². The minimum absolute atomic E-state index is 0.0406. The quantitative estimate of drug-likeness (QED) is 0.403. The molecule has 1 saturated heterocycles. The van der Waals surface area contributed by atoms with Crippen LogP contribution in [0, 0.1) is 0 Å². The smallest absolute Gasteiger partial charge is 0.234 e. The molecule has 102 valence electrons. The van der Waals surface area contributed by atoms with Crippen LogP contribution in [0.25, 0.3) is 0 Å². The van der Waals surface area contributed by atoms with Crippen molar-refractivity contribution in [2.75, 3.05) is 13.7 Å². The van der Waals surface area contributed by atoms with Crippen molar-refractivity contribution >= 4 is 12.2 Å². The molecule has 0 radical (unpaired) electrons. The number of hydrogen-bond acceptors (Lipinski definition) is 4. The summed E-state index contributed by atoms with van der Waals surface area (Å²) in [5.74, 6) is -1.56. The van der Waals surface area contributed by atoms with Gasteiger partial charge in [-0.2, -0.15) is 4.99 Å². The number of aliphatic hydroxyl groups excluding tert-OH is 1. The first-order chi connectivity index (χ1) is 8.49. The zero-order chi connectivity index (χ0) is 13.7. The number of alkyl halides is 1. The Bertz CT molecular complexity index is 362. The van der Waals surface area contributed by atoms with Gasteiger partial charge in [-0.3, -0.25) is 4.79 Å². The molecule has 1 fully saturated rings. The molecule has 0 aromatic rings.